The molecule has 0 aromatic carbocycles. The molecule has 0 bridgehead atoms. The molecular weight excluding hydrogens is 152 g/mol. The molecule has 0 saturated heterocycles. The highest BCUT2D eigenvalue weighted by Gasteiger charge is 2.04. The van der Waals surface area contributed by atoms with E-state index in [9.17, 15) is 4.79 Å². The van der Waals surface area contributed by atoms with Crippen molar-refractivity contribution in [3.05, 3.63) is 11.8 Å². The molecule has 70 valence electrons. The summed E-state index contributed by atoms with van der Waals surface area (Å²) in [7, 11) is 0. The summed E-state index contributed by atoms with van der Waals surface area (Å²) in [5.74, 6) is 0.179. The third-order valence-electron chi connectivity index (χ3n) is 1.54. The molecule has 12 heavy (non-hydrogen) atoms. The molecule has 0 rings (SSSR count). The maximum atomic E-state index is 11.2. The van der Waals surface area contributed by atoms with Gasteiger partial charge in [0.05, 0.1) is 12.4 Å². The maximum Gasteiger partial charge on any atom is 0.161 e. The van der Waals surface area contributed by atoms with E-state index in [2.05, 4.69) is 0 Å². The average molecular weight is 170 g/mol. The first-order valence-electron chi connectivity index (χ1n) is 4.49. The molecule has 0 radical (unpaired) electrons. The molecule has 0 spiro atoms. The van der Waals surface area contributed by atoms with Crippen LogP contribution in [0.1, 0.15) is 40.5 Å². The van der Waals surface area contributed by atoms with Crippen LogP contribution in [0.3, 0.4) is 0 Å². The summed E-state index contributed by atoms with van der Waals surface area (Å²) in [5.41, 5.74) is 0.784. The first-order valence-corrected chi connectivity index (χ1v) is 4.49. The van der Waals surface area contributed by atoms with Crippen molar-refractivity contribution in [1.29, 1.82) is 0 Å². The van der Waals surface area contributed by atoms with E-state index < -0.39 is 0 Å². The average Bonchev–Trinajstić information content (AvgIpc) is 2.04. The quantitative estimate of drug-likeness (QED) is 0.468. The summed E-state index contributed by atoms with van der Waals surface area (Å²) in [6.07, 6.45) is 3.05. The van der Waals surface area contributed by atoms with Gasteiger partial charge in [-0.15, -0.1) is 0 Å². The fraction of sp³-hybridized carbons (Fsp3) is 0.700. The molecule has 2 heteroatoms. The highest BCUT2D eigenvalue weighted by Crippen LogP contribution is 2.06. The Morgan fingerprint density at radius 3 is 2.25 bits per heavy atom. The van der Waals surface area contributed by atoms with E-state index in [0.29, 0.717) is 6.42 Å². The zero-order chi connectivity index (χ0) is 9.56. The highest BCUT2D eigenvalue weighted by atomic mass is 16.5. The number of carbonyl (C=O) groups excluding carboxylic acids is 1. The first-order chi connectivity index (χ1) is 5.61. The SMILES string of the molecule is CCC(=O)C(=COC(C)C)CC. The van der Waals surface area contributed by atoms with Gasteiger partial charge in [0.25, 0.3) is 0 Å². The summed E-state index contributed by atoms with van der Waals surface area (Å²) in [6, 6.07) is 0. The van der Waals surface area contributed by atoms with Gasteiger partial charge in [0.1, 0.15) is 0 Å². The number of ether oxygens (including phenoxy) is 1. The monoisotopic (exact) mass is 170 g/mol. The molecule has 0 aromatic heterocycles. The van der Waals surface area contributed by atoms with Gasteiger partial charge in [-0.1, -0.05) is 13.8 Å². The lowest BCUT2D eigenvalue weighted by Gasteiger charge is -2.06. The Morgan fingerprint density at radius 2 is 1.92 bits per heavy atom. The summed E-state index contributed by atoms with van der Waals surface area (Å²) >= 11 is 0. The summed E-state index contributed by atoms with van der Waals surface area (Å²) < 4.78 is 5.23. The summed E-state index contributed by atoms with van der Waals surface area (Å²) in [5, 5.41) is 0. The van der Waals surface area contributed by atoms with E-state index in [-0.39, 0.29) is 11.9 Å². The largest absolute Gasteiger partial charge is 0.498 e. The number of allylic oxidation sites excluding steroid dienone is 1. The van der Waals surface area contributed by atoms with Crippen LogP contribution in [0.4, 0.5) is 0 Å². The molecule has 0 amide bonds. The van der Waals surface area contributed by atoms with Gasteiger partial charge in [-0.2, -0.15) is 0 Å². The van der Waals surface area contributed by atoms with E-state index in [1.54, 1.807) is 6.26 Å². The van der Waals surface area contributed by atoms with Crippen LogP contribution >= 0.6 is 0 Å². The molecular formula is C10H18O2. The lowest BCUT2D eigenvalue weighted by molar-refractivity contribution is -0.115. The lowest BCUT2D eigenvalue weighted by atomic mass is 10.1. The van der Waals surface area contributed by atoms with Crippen LogP contribution in [0.2, 0.25) is 0 Å². The van der Waals surface area contributed by atoms with Crippen molar-refractivity contribution < 1.29 is 9.53 Å². The maximum absolute atomic E-state index is 11.2. The standard InChI is InChI=1S/C10H18O2/c1-5-9(10(11)6-2)7-12-8(3)4/h7-8H,5-6H2,1-4H3. The van der Waals surface area contributed by atoms with Crippen molar-refractivity contribution in [2.24, 2.45) is 0 Å². The van der Waals surface area contributed by atoms with E-state index >= 15 is 0 Å². The fourth-order valence-corrected chi connectivity index (χ4v) is 0.792. The van der Waals surface area contributed by atoms with Gasteiger partial charge in [-0.3, -0.25) is 4.79 Å². The highest BCUT2D eigenvalue weighted by molar-refractivity contribution is 5.94. The van der Waals surface area contributed by atoms with Crippen molar-refractivity contribution in [2.75, 3.05) is 0 Å². The molecule has 0 aromatic rings. The normalized spacial score (nSPS) is 11.9. The number of hydrogen-bond donors (Lipinski definition) is 0. The third-order valence-corrected chi connectivity index (χ3v) is 1.54. The Morgan fingerprint density at radius 1 is 1.33 bits per heavy atom. The van der Waals surface area contributed by atoms with Gasteiger partial charge in [-0.25, -0.2) is 0 Å². The zero-order valence-electron chi connectivity index (χ0n) is 8.39. The van der Waals surface area contributed by atoms with Crippen molar-refractivity contribution in [3.63, 3.8) is 0 Å². The Balaban J connectivity index is 4.13. The lowest BCUT2D eigenvalue weighted by Crippen LogP contribution is -2.03. The van der Waals surface area contributed by atoms with Crippen LogP contribution in [-0.4, -0.2) is 11.9 Å². The predicted octanol–water partition coefficient (Wildman–Crippen LogP) is 2.68. The fourth-order valence-electron chi connectivity index (χ4n) is 0.792. The zero-order valence-corrected chi connectivity index (χ0v) is 8.39. The van der Waals surface area contributed by atoms with E-state index in [4.69, 9.17) is 4.74 Å². The second-order valence-electron chi connectivity index (χ2n) is 2.96. The number of Topliss-reactive ketones (excluding diaryl/α,β-unsaturated/α-hetero) is 1. The Labute approximate surface area is 74.6 Å². The summed E-state index contributed by atoms with van der Waals surface area (Å²) in [4.78, 5) is 11.2. The van der Waals surface area contributed by atoms with Gasteiger partial charge in [0, 0.05) is 12.0 Å². The predicted molar refractivity (Wildman–Crippen MR) is 49.9 cm³/mol. The third kappa shape index (κ3) is 4.16. The van der Waals surface area contributed by atoms with Gasteiger partial charge >= 0.3 is 0 Å². The molecule has 0 aliphatic heterocycles. The molecule has 0 heterocycles. The molecule has 2 nitrogen and oxygen atoms in total. The Hall–Kier alpha value is -0.790. The first kappa shape index (κ1) is 11.2. The van der Waals surface area contributed by atoms with Crippen molar-refractivity contribution in [2.45, 2.75) is 46.6 Å². The Bertz CT molecular complexity index is 169. The molecule has 0 saturated carbocycles. The summed E-state index contributed by atoms with van der Waals surface area (Å²) in [6.45, 7) is 7.71. The van der Waals surface area contributed by atoms with Crippen molar-refractivity contribution >= 4 is 5.78 Å². The van der Waals surface area contributed by atoms with Gasteiger partial charge in [0.2, 0.25) is 0 Å². The molecule has 0 unspecified atom stereocenters. The topological polar surface area (TPSA) is 26.3 Å². The minimum absolute atomic E-state index is 0.149. The number of hydrogen-bond acceptors (Lipinski definition) is 2. The van der Waals surface area contributed by atoms with Crippen molar-refractivity contribution in [3.8, 4) is 0 Å². The molecule has 0 fully saturated rings. The minimum atomic E-state index is 0.149. The Kier molecular flexibility index (Phi) is 5.43. The van der Waals surface area contributed by atoms with Gasteiger partial charge in [0.15, 0.2) is 5.78 Å². The smallest absolute Gasteiger partial charge is 0.161 e. The molecule has 0 aliphatic rings. The second kappa shape index (κ2) is 5.81. The van der Waals surface area contributed by atoms with E-state index in [0.717, 1.165) is 12.0 Å². The van der Waals surface area contributed by atoms with Crippen LogP contribution in [-0.2, 0) is 9.53 Å². The van der Waals surface area contributed by atoms with Gasteiger partial charge < -0.3 is 4.74 Å². The van der Waals surface area contributed by atoms with E-state index in [1.807, 2.05) is 27.7 Å². The van der Waals surface area contributed by atoms with Crippen LogP contribution in [0.5, 0.6) is 0 Å². The number of rotatable bonds is 5. The van der Waals surface area contributed by atoms with Crippen LogP contribution < -0.4 is 0 Å². The van der Waals surface area contributed by atoms with Gasteiger partial charge in [-0.05, 0) is 20.3 Å². The van der Waals surface area contributed by atoms with E-state index in [1.165, 1.54) is 0 Å². The number of carbonyl (C=O) groups is 1. The number of ketones is 1. The molecule has 0 atom stereocenters. The van der Waals surface area contributed by atoms with Crippen LogP contribution in [0.15, 0.2) is 11.8 Å². The molecule has 0 N–H and O–H groups in total. The minimum Gasteiger partial charge on any atom is -0.498 e. The molecule has 0 aliphatic carbocycles. The van der Waals surface area contributed by atoms with Crippen molar-refractivity contribution in [1.82, 2.24) is 0 Å². The second-order valence-corrected chi connectivity index (χ2v) is 2.96. The van der Waals surface area contributed by atoms with Crippen LogP contribution in [0.25, 0.3) is 0 Å². The van der Waals surface area contributed by atoms with Crippen LogP contribution in [0, 0.1) is 0 Å².